The molecule has 0 aliphatic rings. The van der Waals surface area contributed by atoms with Crippen LogP contribution in [0.3, 0.4) is 0 Å². The summed E-state index contributed by atoms with van der Waals surface area (Å²) in [6.07, 6.45) is 0.696. The number of rotatable bonds is 4. The Hall–Kier alpha value is -0.770. The van der Waals surface area contributed by atoms with E-state index in [0.29, 0.717) is 15.6 Å². The van der Waals surface area contributed by atoms with Crippen LogP contribution < -0.4 is 5.73 Å². The maximum absolute atomic E-state index is 10.7. The fraction of sp³-hybridized carbons (Fsp3) is 0.200. The number of ether oxygens (including phenoxy) is 1. The predicted molar refractivity (Wildman–Crippen MR) is 59.7 cm³/mol. The molecule has 0 heterocycles. The second kappa shape index (κ2) is 5.35. The van der Waals surface area contributed by atoms with Crippen molar-refractivity contribution >= 4 is 29.1 Å². The normalized spacial score (nSPS) is 12.5. The number of methoxy groups -OCH3 is 1. The topological polar surface area (TPSA) is 52.3 Å². The lowest BCUT2D eigenvalue weighted by atomic mass is 10.1. The van der Waals surface area contributed by atoms with Gasteiger partial charge in [0.15, 0.2) is 0 Å². The Labute approximate surface area is 98.1 Å². The monoisotopic (exact) mass is 246 g/mol. The zero-order valence-corrected chi connectivity index (χ0v) is 9.55. The minimum atomic E-state index is -0.562. The highest BCUT2D eigenvalue weighted by molar-refractivity contribution is 6.35. The quantitative estimate of drug-likeness (QED) is 0.887. The van der Waals surface area contributed by atoms with Gasteiger partial charge in [0.1, 0.15) is 0 Å². The van der Waals surface area contributed by atoms with Crippen LogP contribution in [0.25, 0.3) is 0 Å². The minimum absolute atomic E-state index is 0.437. The molecule has 1 amide bonds. The molecule has 2 N–H and O–H groups in total. The van der Waals surface area contributed by atoms with Gasteiger partial charge in [0.25, 0.3) is 0 Å². The number of nitrogens with two attached hydrogens (primary N) is 1. The third kappa shape index (κ3) is 3.38. The SMILES string of the molecule is CO[C@@H]([CH]C(N)=O)c1ccc(Cl)cc1Cl. The van der Waals surface area contributed by atoms with Crippen molar-refractivity contribution in [2.24, 2.45) is 5.73 Å². The Balaban J connectivity index is 2.96. The van der Waals surface area contributed by atoms with Gasteiger partial charge in [0.2, 0.25) is 5.91 Å². The molecule has 3 nitrogen and oxygen atoms in total. The maximum atomic E-state index is 10.7. The van der Waals surface area contributed by atoms with E-state index in [0.717, 1.165) is 0 Å². The average Bonchev–Trinajstić information content (AvgIpc) is 2.14. The molecule has 81 valence electrons. The van der Waals surface area contributed by atoms with Crippen LogP contribution in [0.1, 0.15) is 11.7 Å². The number of halogens is 2. The van der Waals surface area contributed by atoms with E-state index in [1.54, 1.807) is 18.2 Å². The van der Waals surface area contributed by atoms with Gasteiger partial charge >= 0.3 is 0 Å². The van der Waals surface area contributed by atoms with Gasteiger partial charge < -0.3 is 10.5 Å². The first-order valence-corrected chi connectivity index (χ1v) is 4.92. The smallest absolute Gasteiger partial charge is 0.224 e. The summed E-state index contributed by atoms with van der Waals surface area (Å²) in [6.45, 7) is 0. The van der Waals surface area contributed by atoms with Gasteiger partial charge in [0.05, 0.1) is 12.5 Å². The Morgan fingerprint density at radius 1 is 1.53 bits per heavy atom. The van der Waals surface area contributed by atoms with Crippen LogP contribution in [-0.4, -0.2) is 13.0 Å². The Kier molecular flexibility index (Phi) is 4.39. The lowest BCUT2D eigenvalue weighted by Gasteiger charge is -2.15. The highest BCUT2D eigenvalue weighted by Crippen LogP contribution is 2.29. The number of hydrogen-bond acceptors (Lipinski definition) is 2. The molecule has 1 rings (SSSR count). The first-order chi connectivity index (χ1) is 7.04. The van der Waals surface area contributed by atoms with Crippen LogP contribution in [0.15, 0.2) is 18.2 Å². The summed E-state index contributed by atoms with van der Waals surface area (Å²) in [7, 11) is 1.47. The standard InChI is InChI=1S/C10H10Cl2NO2/c1-15-9(5-10(13)14)7-3-2-6(11)4-8(7)12/h2-5,9H,1H3,(H2,13,14)/t9-/m0/s1. The summed E-state index contributed by atoms with van der Waals surface area (Å²) < 4.78 is 5.08. The molecular weight excluding hydrogens is 237 g/mol. The molecule has 0 aliphatic heterocycles. The van der Waals surface area contributed by atoms with Gasteiger partial charge in [-0.05, 0) is 12.1 Å². The molecule has 0 spiro atoms. The number of hydrogen-bond donors (Lipinski definition) is 1. The summed E-state index contributed by atoms with van der Waals surface area (Å²) in [5.74, 6) is -0.562. The predicted octanol–water partition coefficient (Wildman–Crippen LogP) is 2.37. The van der Waals surface area contributed by atoms with Crippen molar-refractivity contribution in [3.63, 3.8) is 0 Å². The van der Waals surface area contributed by atoms with Crippen LogP contribution in [0.4, 0.5) is 0 Å². The second-order valence-corrected chi connectivity index (χ2v) is 3.73. The van der Waals surface area contributed by atoms with Crippen LogP contribution in [0.2, 0.25) is 10.0 Å². The molecule has 5 heteroatoms. The average molecular weight is 247 g/mol. The van der Waals surface area contributed by atoms with Crippen molar-refractivity contribution < 1.29 is 9.53 Å². The fourth-order valence-corrected chi connectivity index (χ4v) is 1.68. The van der Waals surface area contributed by atoms with Gasteiger partial charge in [-0.3, -0.25) is 4.79 Å². The molecule has 0 aromatic heterocycles. The summed E-state index contributed by atoms with van der Waals surface area (Å²) in [4.78, 5) is 10.7. The van der Waals surface area contributed by atoms with E-state index in [1.807, 2.05) is 0 Å². The number of carbonyl (C=O) groups excluding carboxylic acids is 1. The molecule has 1 aromatic carbocycles. The second-order valence-electron chi connectivity index (χ2n) is 2.89. The molecule has 0 unspecified atom stereocenters. The minimum Gasteiger partial charge on any atom is -0.376 e. The van der Waals surface area contributed by atoms with E-state index < -0.39 is 12.0 Å². The largest absolute Gasteiger partial charge is 0.376 e. The summed E-state index contributed by atoms with van der Waals surface area (Å²) in [6, 6.07) is 4.95. The van der Waals surface area contributed by atoms with Crippen molar-refractivity contribution in [2.75, 3.05) is 7.11 Å². The van der Waals surface area contributed by atoms with Crippen LogP contribution >= 0.6 is 23.2 Å². The Morgan fingerprint density at radius 3 is 2.67 bits per heavy atom. The third-order valence-electron chi connectivity index (χ3n) is 1.84. The zero-order valence-electron chi connectivity index (χ0n) is 8.04. The molecule has 1 atom stereocenters. The van der Waals surface area contributed by atoms with Gasteiger partial charge in [-0.15, -0.1) is 0 Å². The van der Waals surface area contributed by atoms with Crippen molar-refractivity contribution in [1.29, 1.82) is 0 Å². The van der Waals surface area contributed by atoms with Crippen molar-refractivity contribution in [1.82, 2.24) is 0 Å². The van der Waals surface area contributed by atoms with Crippen LogP contribution in [0, 0.1) is 6.42 Å². The molecule has 0 saturated carbocycles. The third-order valence-corrected chi connectivity index (χ3v) is 2.40. The van der Waals surface area contributed by atoms with E-state index in [-0.39, 0.29) is 0 Å². The first kappa shape index (κ1) is 12.3. The van der Waals surface area contributed by atoms with Crippen molar-refractivity contribution in [3.05, 3.63) is 40.2 Å². The number of primary amides is 1. The van der Waals surface area contributed by atoms with E-state index in [2.05, 4.69) is 0 Å². The highest BCUT2D eigenvalue weighted by atomic mass is 35.5. The Morgan fingerprint density at radius 2 is 2.20 bits per heavy atom. The van der Waals surface area contributed by atoms with Gasteiger partial charge in [-0.25, -0.2) is 0 Å². The molecule has 0 saturated heterocycles. The molecule has 1 aromatic rings. The van der Waals surface area contributed by atoms with Crippen LogP contribution in [0.5, 0.6) is 0 Å². The van der Waals surface area contributed by atoms with E-state index in [4.69, 9.17) is 33.7 Å². The summed E-state index contributed by atoms with van der Waals surface area (Å²) in [5.41, 5.74) is 5.70. The van der Waals surface area contributed by atoms with E-state index >= 15 is 0 Å². The first-order valence-electron chi connectivity index (χ1n) is 4.16. The highest BCUT2D eigenvalue weighted by Gasteiger charge is 2.17. The summed E-state index contributed by atoms with van der Waals surface area (Å²) in [5, 5.41) is 0.963. The molecule has 0 bridgehead atoms. The molecule has 0 fully saturated rings. The van der Waals surface area contributed by atoms with Crippen molar-refractivity contribution in [3.8, 4) is 0 Å². The molecular formula is C10H10Cl2NO2. The maximum Gasteiger partial charge on any atom is 0.224 e. The van der Waals surface area contributed by atoms with Crippen LogP contribution in [-0.2, 0) is 9.53 Å². The van der Waals surface area contributed by atoms with Gasteiger partial charge in [-0.2, -0.15) is 0 Å². The molecule has 15 heavy (non-hydrogen) atoms. The fourth-order valence-electron chi connectivity index (χ4n) is 1.17. The lowest BCUT2D eigenvalue weighted by Crippen LogP contribution is -2.17. The Bertz CT molecular complexity index is 368. The number of benzene rings is 1. The number of carbonyl (C=O) groups is 1. The zero-order chi connectivity index (χ0) is 11.4. The van der Waals surface area contributed by atoms with E-state index in [9.17, 15) is 4.79 Å². The van der Waals surface area contributed by atoms with Crippen molar-refractivity contribution in [2.45, 2.75) is 6.10 Å². The molecule has 0 aliphatic carbocycles. The molecule has 1 radical (unpaired) electrons. The summed E-state index contributed by atoms with van der Waals surface area (Å²) >= 11 is 11.7. The van der Waals surface area contributed by atoms with Gasteiger partial charge in [-0.1, -0.05) is 29.3 Å². The lowest BCUT2D eigenvalue weighted by molar-refractivity contribution is -0.116. The van der Waals surface area contributed by atoms with Gasteiger partial charge in [0, 0.05) is 22.7 Å². The van der Waals surface area contributed by atoms with E-state index in [1.165, 1.54) is 13.5 Å². The number of amides is 1.